The van der Waals surface area contributed by atoms with E-state index >= 15 is 0 Å². The molecule has 1 aromatic heterocycles. The van der Waals surface area contributed by atoms with E-state index in [2.05, 4.69) is 23.7 Å². The molecule has 0 bridgehead atoms. The molecule has 3 nitrogen and oxygen atoms in total. The van der Waals surface area contributed by atoms with Crippen LogP contribution in [0.1, 0.15) is 45.8 Å². The third kappa shape index (κ3) is 2.87. The van der Waals surface area contributed by atoms with Crippen molar-refractivity contribution in [2.75, 3.05) is 13.1 Å². The van der Waals surface area contributed by atoms with Crippen molar-refractivity contribution in [2.24, 2.45) is 0 Å². The minimum atomic E-state index is -0.745. The Morgan fingerprint density at radius 3 is 2.39 bits per heavy atom. The van der Waals surface area contributed by atoms with E-state index < -0.39 is 17.5 Å². The lowest BCUT2D eigenvalue weighted by atomic mass is 9.85. The van der Waals surface area contributed by atoms with Gasteiger partial charge in [-0.1, -0.05) is 20.8 Å². The molecule has 0 spiro atoms. The van der Waals surface area contributed by atoms with Gasteiger partial charge in [-0.25, -0.2) is 4.39 Å². The zero-order valence-corrected chi connectivity index (χ0v) is 11.7. The van der Waals surface area contributed by atoms with Crippen LogP contribution in [0, 0.1) is 5.82 Å². The number of nitrogens with zero attached hydrogens (tertiary/aromatic N) is 2. The van der Waals surface area contributed by atoms with Crippen molar-refractivity contribution in [3.63, 3.8) is 0 Å². The average Bonchev–Trinajstić information content (AvgIpc) is 2.38. The molecular weight excluding hydrogens is 231 g/mol. The van der Waals surface area contributed by atoms with Gasteiger partial charge in [0.05, 0.1) is 12.3 Å². The van der Waals surface area contributed by atoms with Crippen molar-refractivity contribution in [2.45, 2.75) is 45.8 Å². The van der Waals surface area contributed by atoms with E-state index in [1.807, 2.05) is 13.8 Å². The van der Waals surface area contributed by atoms with E-state index in [9.17, 15) is 9.50 Å². The van der Waals surface area contributed by atoms with Gasteiger partial charge in [0.25, 0.3) is 0 Å². The molecule has 4 heteroatoms. The first-order chi connectivity index (χ1) is 8.49. The highest BCUT2D eigenvalue weighted by molar-refractivity contribution is 5.18. The third-order valence-electron chi connectivity index (χ3n) is 3.83. The average molecular weight is 254 g/mol. The topological polar surface area (TPSA) is 36.4 Å². The summed E-state index contributed by atoms with van der Waals surface area (Å²) in [6.45, 7) is 9.87. The van der Waals surface area contributed by atoms with Gasteiger partial charge in [0.15, 0.2) is 0 Å². The highest BCUT2D eigenvalue weighted by Gasteiger charge is 2.37. The second-order valence-electron chi connectivity index (χ2n) is 4.72. The fourth-order valence-corrected chi connectivity index (χ4v) is 2.47. The van der Waals surface area contributed by atoms with E-state index in [0.29, 0.717) is 5.56 Å². The quantitative estimate of drug-likeness (QED) is 0.848. The van der Waals surface area contributed by atoms with Gasteiger partial charge in [-0.15, -0.1) is 0 Å². The van der Waals surface area contributed by atoms with Crippen LogP contribution in [0.3, 0.4) is 0 Å². The highest BCUT2D eigenvalue weighted by atomic mass is 19.1. The summed E-state index contributed by atoms with van der Waals surface area (Å²) in [5.41, 5.74) is 0.130. The van der Waals surface area contributed by atoms with Crippen molar-refractivity contribution >= 4 is 0 Å². The Bertz CT molecular complexity index is 382. The maximum Gasteiger partial charge on any atom is 0.141 e. The summed E-state index contributed by atoms with van der Waals surface area (Å²) in [5, 5.41) is 10.5. The first kappa shape index (κ1) is 15.1. The normalized spacial score (nSPS) is 16.6. The maximum atomic E-state index is 13.2. The van der Waals surface area contributed by atoms with Crippen LogP contribution < -0.4 is 0 Å². The van der Waals surface area contributed by atoms with Crippen LogP contribution in [0.5, 0.6) is 0 Å². The molecule has 0 aliphatic rings. The first-order valence-electron chi connectivity index (χ1n) is 6.53. The minimum absolute atomic E-state index is 0.404. The van der Waals surface area contributed by atoms with Crippen LogP contribution in [-0.2, 0) is 0 Å². The van der Waals surface area contributed by atoms with Gasteiger partial charge in [-0.3, -0.25) is 9.88 Å². The molecule has 1 rings (SSSR count). The summed E-state index contributed by atoms with van der Waals surface area (Å²) in [5.74, 6) is -0.412. The van der Waals surface area contributed by atoms with Gasteiger partial charge < -0.3 is 5.11 Å². The lowest BCUT2D eigenvalue weighted by Gasteiger charge is -2.43. The first-order valence-corrected chi connectivity index (χ1v) is 6.53. The number of aliphatic hydroxyl groups is 1. The number of halogens is 1. The zero-order valence-electron chi connectivity index (χ0n) is 11.7. The predicted octanol–water partition coefficient (Wildman–Crippen LogP) is 2.76. The summed E-state index contributed by atoms with van der Waals surface area (Å²) < 4.78 is 13.2. The number of likely N-dealkylation sites (N-methyl/N-ethyl adjacent to an activating group) is 1. The minimum Gasteiger partial charge on any atom is -0.386 e. The second-order valence-corrected chi connectivity index (χ2v) is 4.72. The van der Waals surface area contributed by atoms with E-state index in [0.717, 1.165) is 25.7 Å². The van der Waals surface area contributed by atoms with Crippen LogP contribution in [0.15, 0.2) is 18.5 Å². The summed E-state index contributed by atoms with van der Waals surface area (Å²) in [6, 6.07) is 1.36. The van der Waals surface area contributed by atoms with Crippen LogP contribution in [-0.4, -0.2) is 33.6 Å². The largest absolute Gasteiger partial charge is 0.386 e. The Morgan fingerprint density at radius 1 is 1.33 bits per heavy atom. The molecule has 0 aliphatic carbocycles. The molecule has 0 amide bonds. The van der Waals surface area contributed by atoms with Gasteiger partial charge in [0, 0.05) is 17.3 Å². The monoisotopic (exact) mass is 254 g/mol. The molecule has 2 unspecified atom stereocenters. The molecule has 0 aliphatic heterocycles. The molecular formula is C14H23FN2O. The van der Waals surface area contributed by atoms with Gasteiger partial charge in [0.1, 0.15) is 5.82 Å². The number of hydrogen-bond acceptors (Lipinski definition) is 3. The van der Waals surface area contributed by atoms with Crippen LogP contribution >= 0.6 is 0 Å². The number of hydrogen-bond donors (Lipinski definition) is 1. The molecule has 18 heavy (non-hydrogen) atoms. The van der Waals surface area contributed by atoms with Crippen LogP contribution in [0.4, 0.5) is 4.39 Å². The number of pyridine rings is 1. The number of rotatable bonds is 6. The third-order valence-corrected chi connectivity index (χ3v) is 3.83. The van der Waals surface area contributed by atoms with E-state index in [1.54, 1.807) is 0 Å². The van der Waals surface area contributed by atoms with Crippen molar-refractivity contribution in [3.05, 3.63) is 29.8 Å². The van der Waals surface area contributed by atoms with Gasteiger partial charge in [0.2, 0.25) is 0 Å². The zero-order chi connectivity index (χ0) is 13.8. The smallest absolute Gasteiger partial charge is 0.141 e. The summed E-state index contributed by atoms with van der Waals surface area (Å²) >= 11 is 0. The molecule has 0 saturated heterocycles. The maximum absolute atomic E-state index is 13.2. The highest BCUT2D eigenvalue weighted by Crippen LogP contribution is 2.33. The second kappa shape index (κ2) is 6.25. The summed E-state index contributed by atoms with van der Waals surface area (Å²) in [4.78, 5) is 6.01. The fraction of sp³-hybridized carbons (Fsp3) is 0.643. The molecule has 102 valence electrons. The number of aromatic nitrogens is 1. The van der Waals surface area contributed by atoms with Crippen molar-refractivity contribution < 1.29 is 9.50 Å². The SMILES string of the molecule is CCN(CC)C(C)(CC)C(O)c1cncc(F)c1. The van der Waals surface area contributed by atoms with E-state index in [1.165, 1.54) is 12.3 Å². The van der Waals surface area contributed by atoms with E-state index in [-0.39, 0.29) is 0 Å². The Morgan fingerprint density at radius 2 is 1.94 bits per heavy atom. The Kier molecular flexibility index (Phi) is 5.23. The van der Waals surface area contributed by atoms with Crippen LogP contribution in [0.25, 0.3) is 0 Å². The Balaban J connectivity index is 3.07. The van der Waals surface area contributed by atoms with E-state index in [4.69, 9.17) is 0 Å². The van der Waals surface area contributed by atoms with Gasteiger partial charge in [-0.05, 0) is 32.5 Å². The predicted molar refractivity (Wildman–Crippen MR) is 70.8 cm³/mol. The molecule has 0 aromatic carbocycles. The molecule has 2 atom stereocenters. The van der Waals surface area contributed by atoms with Crippen LogP contribution in [0.2, 0.25) is 0 Å². The van der Waals surface area contributed by atoms with Crippen molar-refractivity contribution in [3.8, 4) is 0 Å². The Hall–Kier alpha value is -1.00. The molecule has 1 aromatic rings. The fourth-order valence-electron chi connectivity index (χ4n) is 2.47. The number of aliphatic hydroxyl groups excluding tert-OH is 1. The van der Waals surface area contributed by atoms with Crippen molar-refractivity contribution in [1.82, 2.24) is 9.88 Å². The molecule has 0 radical (unpaired) electrons. The molecule has 0 saturated carbocycles. The van der Waals surface area contributed by atoms with Crippen molar-refractivity contribution in [1.29, 1.82) is 0 Å². The molecule has 1 N–H and O–H groups in total. The standard InChI is InChI=1S/C14H23FN2O/c1-5-14(4,17(6-2)7-3)13(18)11-8-12(15)10-16-9-11/h8-10,13,18H,5-7H2,1-4H3. The molecule has 1 heterocycles. The summed E-state index contributed by atoms with van der Waals surface area (Å²) in [6.07, 6.45) is 2.72. The molecule has 0 fully saturated rings. The Labute approximate surface area is 109 Å². The van der Waals surface area contributed by atoms with Gasteiger partial charge in [-0.2, -0.15) is 0 Å². The van der Waals surface area contributed by atoms with Gasteiger partial charge >= 0.3 is 0 Å². The summed E-state index contributed by atoms with van der Waals surface area (Å²) in [7, 11) is 0. The lowest BCUT2D eigenvalue weighted by molar-refractivity contribution is -0.0216. The lowest BCUT2D eigenvalue weighted by Crippen LogP contribution is -2.50.